The number of hydrogen-bond donors (Lipinski definition) is 1. The molecular weight excluding hydrogens is 286 g/mol. The van der Waals surface area contributed by atoms with Crippen LogP contribution in [-0.2, 0) is 9.53 Å². The maximum atomic E-state index is 12.3. The van der Waals surface area contributed by atoms with Crippen LogP contribution in [0.25, 0.3) is 0 Å². The average Bonchev–Trinajstić information content (AvgIpc) is 2.53. The van der Waals surface area contributed by atoms with Crippen molar-refractivity contribution in [1.29, 1.82) is 0 Å². The molecular formula is C15H29N3O2S. The van der Waals surface area contributed by atoms with Crippen LogP contribution < -0.4 is 5.73 Å². The zero-order valence-corrected chi connectivity index (χ0v) is 13.9. The van der Waals surface area contributed by atoms with Gasteiger partial charge in [-0.05, 0) is 37.2 Å². The molecule has 122 valence electrons. The van der Waals surface area contributed by atoms with Gasteiger partial charge in [-0.3, -0.25) is 9.69 Å². The smallest absolute Gasteiger partial charge is 0.239 e. The van der Waals surface area contributed by atoms with Gasteiger partial charge in [0.2, 0.25) is 5.91 Å². The molecule has 1 atom stereocenters. The first-order chi connectivity index (χ1) is 10.2. The Morgan fingerprint density at radius 1 is 1.29 bits per heavy atom. The topological polar surface area (TPSA) is 58.8 Å². The van der Waals surface area contributed by atoms with E-state index in [9.17, 15) is 4.79 Å². The largest absolute Gasteiger partial charge is 0.379 e. The number of rotatable bonds is 6. The third-order valence-corrected chi connectivity index (χ3v) is 5.14. The number of ether oxygens (including phenoxy) is 1. The summed E-state index contributed by atoms with van der Waals surface area (Å²) in [5, 5.41) is 0. The van der Waals surface area contributed by atoms with Crippen LogP contribution >= 0.6 is 11.8 Å². The highest BCUT2D eigenvalue weighted by Gasteiger charge is 2.27. The monoisotopic (exact) mass is 315 g/mol. The van der Waals surface area contributed by atoms with Crippen LogP contribution in [0.1, 0.15) is 19.3 Å². The van der Waals surface area contributed by atoms with Crippen molar-refractivity contribution in [1.82, 2.24) is 9.80 Å². The van der Waals surface area contributed by atoms with Crippen LogP contribution in [-0.4, -0.2) is 79.7 Å². The molecule has 0 saturated carbocycles. The summed E-state index contributed by atoms with van der Waals surface area (Å²) >= 11 is 1.75. The van der Waals surface area contributed by atoms with Gasteiger partial charge in [-0.2, -0.15) is 11.8 Å². The van der Waals surface area contributed by atoms with Crippen molar-refractivity contribution in [3.63, 3.8) is 0 Å². The van der Waals surface area contributed by atoms with Gasteiger partial charge < -0.3 is 15.4 Å². The lowest BCUT2D eigenvalue weighted by Gasteiger charge is -2.36. The van der Waals surface area contributed by atoms with E-state index in [1.54, 1.807) is 11.8 Å². The summed E-state index contributed by atoms with van der Waals surface area (Å²) in [5.74, 6) is 1.82. The van der Waals surface area contributed by atoms with Crippen LogP contribution in [0.3, 0.4) is 0 Å². The molecule has 0 aromatic heterocycles. The zero-order valence-electron chi connectivity index (χ0n) is 13.1. The first-order valence-corrected chi connectivity index (χ1v) is 9.43. The number of nitrogens with two attached hydrogens (primary N) is 1. The molecule has 0 aromatic carbocycles. The number of amides is 1. The molecule has 0 unspecified atom stereocenters. The quantitative estimate of drug-likeness (QED) is 0.779. The number of likely N-dealkylation sites (tertiary alicyclic amines) is 1. The second-order valence-electron chi connectivity index (χ2n) is 6.07. The number of carbonyl (C=O) groups excluding carboxylic acids is 1. The maximum absolute atomic E-state index is 12.3. The zero-order chi connectivity index (χ0) is 15.1. The highest BCUT2D eigenvalue weighted by atomic mass is 32.2. The molecule has 2 fully saturated rings. The second-order valence-corrected chi connectivity index (χ2v) is 7.06. The van der Waals surface area contributed by atoms with Gasteiger partial charge in [0.15, 0.2) is 0 Å². The maximum Gasteiger partial charge on any atom is 0.239 e. The van der Waals surface area contributed by atoms with Crippen molar-refractivity contribution in [2.24, 2.45) is 11.7 Å². The number of carbonyl (C=O) groups is 1. The Bertz CT molecular complexity index is 316. The first kappa shape index (κ1) is 17.1. The molecule has 1 amide bonds. The van der Waals surface area contributed by atoms with Crippen LogP contribution in [0.5, 0.6) is 0 Å². The van der Waals surface area contributed by atoms with Crippen molar-refractivity contribution in [3.05, 3.63) is 0 Å². The third kappa shape index (κ3) is 5.43. The van der Waals surface area contributed by atoms with Crippen LogP contribution in [0.4, 0.5) is 0 Å². The summed E-state index contributed by atoms with van der Waals surface area (Å²) in [6.45, 7) is 6.74. The molecule has 2 heterocycles. The van der Waals surface area contributed by atoms with Gasteiger partial charge in [0, 0.05) is 32.7 Å². The van der Waals surface area contributed by atoms with Gasteiger partial charge in [-0.1, -0.05) is 0 Å². The summed E-state index contributed by atoms with van der Waals surface area (Å²) in [6.07, 6.45) is 5.05. The SMILES string of the molecule is CSCC[C@H](N)C(=O)N1CCC(CN2CCOCC2)CC1. The Labute approximate surface area is 132 Å². The van der Waals surface area contributed by atoms with E-state index in [0.29, 0.717) is 0 Å². The Morgan fingerprint density at radius 3 is 2.57 bits per heavy atom. The normalized spacial score (nSPS) is 23.2. The predicted octanol–water partition coefficient (Wildman–Crippen LogP) is 0.638. The molecule has 0 spiro atoms. The van der Waals surface area contributed by atoms with E-state index >= 15 is 0 Å². The van der Waals surface area contributed by atoms with E-state index in [2.05, 4.69) is 4.90 Å². The Hall–Kier alpha value is -0.300. The lowest BCUT2D eigenvalue weighted by Crippen LogP contribution is -2.49. The average molecular weight is 315 g/mol. The summed E-state index contributed by atoms with van der Waals surface area (Å²) in [6, 6.07) is -0.312. The van der Waals surface area contributed by atoms with E-state index in [1.165, 1.54) is 0 Å². The molecule has 0 aromatic rings. The van der Waals surface area contributed by atoms with Gasteiger partial charge in [-0.15, -0.1) is 0 Å². The minimum Gasteiger partial charge on any atom is -0.379 e. The number of hydrogen-bond acceptors (Lipinski definition) is 5. The highest BCUT2D eigenvalue weighted by Crippen LogP contribution is 2.20. The van der Waals surface area contributed by atoms with E-state index in [1.807, 2.05) is 11.2 Å². The van der Waals surface area contributed by atoms with Crippen LogP contribution in [0, 0.1) is 5.92 Å². The Balaban J connectivity index is 1.68. The molecule has 2 aliphatic heterocycles. The number of nitrogens with zero attached hydrogens (tertiary/aromatic N) is 2. The van der Waals surface area contributed by atoms with Crippen molar-refractivity contribution in [2.75, 3.05) is 57.9 Å². The lowest BCUT2D eigenvalue weighted by molar-refractivity contribution is -0.134. The van der Waals surface area contributed by atoms with Gasteiger partial charge in [0.05, 0.1) is 19.3 Å². The molecule has 21 heavy (non-hydrogen) atoms. The molecule has 6 heteroatoms. The van der Waals surface area contributed by atoms with Crippen molar-refractivity contribution < 1.29 is 9.53 Å². The summed E-state index contributed by atoms with van der Waals surface area (Å²) in [5.41, 5.74) is 5.99. The van der Waals surface area contributed by atoms with Gasteiger partial charge in [-0.25, -0.2) is 0 Å². The minimum atomic E-state index is -0.312. The minimum absolute atomic E-state index is 0.147. The molecule has 2 aliphatic rings. The van der Waals surface area contributed by atoms with E-state index < -0.39 is 0 Å². The molecule has 2 saturated heterocycles. The van der Waals surface area contributed by atoms with Crippen LogP contribution in [0.2, 0.25) is 0 Å². The fourth-order valence-electron chi connectivity index (χ4n) is 3.09. The molecule has 2 N–H and O–H groups in total. The van der Waals surface area contributed by atoms with Gasteiger partial charge in [0.25, 0.3) is 0 Å². The van der Waals surface area contributed by atoms with Crippen LogP contribution in [0.15, 0.2) is 0 Å². The third-order valence-electron chi connectivity index (χ3n) is 4.50. The van der Waals surface area contributed by atoms with Gasteiger partial charge in [0.1, 0.15) is 0 Å². The summed E-state index contributed by atoms with van der Waals surface area (Å²) in [4.78, 5) is 16.7. The van der Waals surface area contributed by atoms with Crippen molar-refractivity contribution >= 4 is 17.7 Å². The molecule has 0 radical (unpaired) electrons. The lowest BCUT2D eigenvalue weighted by atomic mass is 9.95. The Morgan fingerprint density at radius 2 is 1.95 bits per heavy atom. The number of piperidine rings is 1. The number of morpholine rings is 1. The summed E-state index contributed by atoms with van der Waals surface area (Å²) < 4.78 is 5.39. The van der Waals surface area contributed by atoms with E-state index in [4.69, 9.17) is 10.5 Å². The number of thioether (sulfide) groups is 1. The fourth-order valence-corrected chi connectivity index (χ4v) is 3.58. The van der Waals surface area contributed by atoms with Crippen molar-refractivity contribution in [3.8, 4) is 0 Å². The first-order valence-electron chi connectivity index (χ1n) is 8.04. The fraction of sp³-hybridized carbons (Fsp3) is 0.933. The standard InChI is InChI=1S/C15H29N3O2S/c1-21-11-4-14(16)15(19)18-5-2-13(3-6-18)12-17-7-9-20-10-8-17/h13-14H,2-12,16H2,1H3/t14-/m0/s1. The van der Waals surface area contributed by atoms with E-state index in [0.717, 1.165) is 76.9 Å². The van der Waals surface area contributed by atoms with Gasteiger partial charge >= 0.3 is 0 Å². The van der Waals surface area contributed by atoms with E-state index in [-0.39, 0.29) is 11.9 Å². The second kappa shape index (κ2) is 8.98. The van der Waals surface area contributed by atoms with Crippen molar-refractivity contribution in [2.45, 2.75) is 25.3 Å². The highest BCUT2D eigenvalue weighted by molar-refractivity contribution is 7.98. The molecule has 0 bridgehead atoms. The molecule has 2 rings (SSSR count). The predicted molar refractivity (Wildman–Crippen MR) is 87.5 cm³/mol. The summed E-state index contributed by atoms with van der Waals surface area (Å²) in [7, 11) is 0. The molecule has 0 aliphatic carbocycles. The molecule has 5 nitrogen and oxygen atoms in total. The Kier molecular flexibility index (Phi) is 7.29.